The lowest BCUT2D eigenvalue weighted by molar-refractivity contribution is -0.123. The second-order valence-electron chi connectivity index (χ2n) is 7.04. The van der Waals surface area contributed by atoms with Crippen LogP contribution in [0.4, 0.5) is 5.69 Å². The fraction of sp³-hybridized carbons (Fsp3) is 0.130. The number of amides is 2. The number of halogens is 1. The van der Waals surface area contributed by atoms with Crippen LogP contribution >= 0.6 is 22.9 Å². The standard InChI is InChI=1S/C23H20ClN5O2S/c24-17-4-1-3-16(11-17)12-23-28-19(15-32-23)13-21(30)25-14-22(31)27-18-5-7-20(8-6-18)29-10-2-9-26-29/h1-11,15H,12-14H2,(H,25,30)(H,27,31). The van der Waals surface area contributed by atoms with Gasteiger partial charge in [0.2, 0.25) is 11.8 Å². The predicted molar refractivity (Wildman–Crippen MR) is 125 cm³/mol. The van der Waals surface area contributed by atoms with Gasteiger partial charge in [-0.2, -0.15) is 5.10 Å². The van der Waals surface area contributed by atoms with Gasteiger partial charge in [-0.15, -0.1) is 11.3 Å². The summed E-state index contributed by atoms with van der Waals surface area (Å²) in [6, 6.07) is 16.7. The zero-order valence-corrected chi connectivity index (χ0v) is 18.6. The Morgan fingerprint density at radius 1 is 1.06 bits per heavy atom. The second-order valence-corrected chi connectivity index (χ2v) is 8.42. The van der Waals surface area contributed by atoms with E-state index in [2.05, 4.69) is 20.7 Å². The highest BCUT2D eigenvalue weighted by molar-refractivity contribution is 7.09. The number of nitrogens with one attached hydrogen (secondary N) is 2. The van der Waals surface area contributed by atoms with Gasteiger partial charge in [0.25, 0.3) is 0 Å². The highest BCUT2D eigenvalue weighted by atomic mass is 35.5. The Bertz CT molecular complexity index is 1210. The number of thiazole rings is 1. The van der Waals surface area contributed by atoms with Crippen LogP contribution in [0, 0.1) is 0 Å². The monoisotopic (exact) mass is 465 g/mol. The van der Waals surface area contributed by atoms with Crippen LogP contribution in [0.5, 0.6) is 0 Å². The molecule has 2 aromatic heterocycles. The van der Waals surface area contributed by atoms with Gasteiger partial charge in [0.05, 0.1) is 29.4 Å². The van der Waals surface area contributed by atoms with E-state index < -0.39 is 0 Å². The molecule has 2 amide bonds. The summed E-state index contributed by atoms with van der Waals surface area (Å²) < 4.78 is 1.73. The molecule has 2 N–H and O–H groups in total. The van der Waals surface area contributed by atoms with E-state index in [0.29, 0.717) is 22.8 Å². The molecule has 0 aliphatic heterocycles. The van der Waals surface area contributed by atoms with Crippen LogP contribution in [0.25, 0.3) is 5.69 Å². The van der Waals surface area contributed by atoms with E-state index >= 15 is 0 Å². The summed E-state index contributed by atoms with van der Waals surface area (Å²) in [5, 5.41) is 13.0. The summed E-state index contributed by atoms with van der Waals surface area (Å²) in [6.07, 6.45) is 4.32. The number of hydrogen-bond acceptors (Lipinski definition) is 5. The number of rotatable bonds is 8. The molecule has 4 aromatic rings. The summed E-state index contributed by atoms with van der Waals surface area (Å²) in [6.45, 7) is -0.112. The van der Waals surface area contributed by atoms with E-state index in [9.17, 15) is 9.59 Å². The molecule has 0 fully saturated rings. The van der Waals surface area contributed by atoms with E-state index in [-0.39, 0.29) is 24.8 Å². The fourth-order valence-corrected chi connectivity index (χ4v) is 4.10. The molecule has 2 heterocycles. The van der Waals surface area contributed by atoms with Gasteiger partial charge >= 0.3 is 0 Å². The number of carbonyl (C=O) groups excluding carboxylic acids is 2. The Morgan fingerprint density at radius 2 is 1.91 bits per heavy atom. The normalized spacial score (nSPS) is 10.7. The minimum atomic E-state index is -0.301. The maximum Gasteiger partial charge on any atom is 0.243 e. The van der Waals surface area contributed by atoms with Crippen molar-refractivity contribution in [2.75, 3.05) is 11.9 Å². The minimum absolute atomic E-state index is 0.112. The van der Waals surface area contributed by atoms with E-state index in [0.717, 1.165) is 16.3 Å². The molecule has 0 saturated carbocycles. The number of nitrogens with zero attached hydrogens (tertiary/aromatic N) is 3. The van der Waals surface area contributed by atoms with Crippen LogP contribution < -0.4 is 10.6 Å². The molecule has 162 valence electrons. The van der Waals surface area contributed by atoms with Gasteiger partial charge < -0.3 is 10.6 Å². The first kappa shape index (κ1) is 21.7. The summed E-state index contributed by atoms with van der Waals surface area (Å²) >= 11 is 7.52. The predicted octanol–water partition coefficient (Wildman–Crippen LogP) is 3.87. The van der Waals surface area contributed by atoms with Crippen LogP contribution in [0.15, 0.2) is 72.4 Å². The second kappa shape index (κ2) is 10.2. The van der Waals surface area contributed by atoms with Crippen molar-refractivity contribution in [1.29, 1.82) is 0 Å². The number of aromatic nitrogens is 3. The summed E-state index contributed by atoms with van der Waals surface area (Å²) in [7, 11) is 0. The van der Waals surface area contributed by atoms with Gasteiger partial charge in [-0.1, -0.05) is 23.7 Å². The van der Waals surface area contributed by atoms with Crippen molar-refractivity contribution in [2.24, 2.45) is 0 Å². The highest BCUT2D eigenvalue weighted by Crippen LogP contribution is 2.18. The van der Waals surface area contributed by atoms with Gasteiger partial charge in [0.15, 0.2) is 0 Å². The Morgan fingerprint density at radius 3 is 2.66 bits per heavy atom. The number of benzene rings is 2. The molecule has 0 aliphatic rings. The first-order valence-corrected chi connectivity index (χ1v) is 11.2. The summed E-state index contributed by atoms with van der Waals surface area (Å²) in [5.74, 6) is -0.557. The van der Waals surface area contributed by atoms with Crippen LogP contribution in [0.3, 0.4) is 0 Å². The van der Waals surface area contributed by atoms with Crippen LogP contribution in [0.1, 0.15) is 16.3 Å². The Balaban J connectivity index is 1.22. The smallest absolute Gasteiger partial charge is 0.243 e. The lowest BCUT2D eigenvalue weighted by atomic mass is 10.2. The first-order chi connectivity index (χ1) is 15.5. The maximum atomic E-state index is 12.2. The van der Waals surface area contributed by atoms with Gasteiger partial charge in [-0.05, 0) is 48.0 Å². The van der Waals surface area contributed by atoms with E-state index in [1.807, 2.05) is 54.0 Å². The van der Waals surface area contributed by atoms with Crippen molar-refractivity contribution >= 4 is 40.4 Å². The molecule has 0 saturated heterocycles. The molecule has 0 radical (unpaired) electrons. The molecule has 4 rings (SSSR count). The molecule has 0 unspecified atom stereocenters. The molecule has 0 aliphatic carbocycles. The van der Waals surface area contributed by atoms with Crippen molar-refractivity contribution in [1.82, 2.24) is 20.1 Å². The van der Waals surface area contributed by atoms with Crippen molar-refractivity contribution < 1.29 is 9.59 Å². The largest absolute Gasteiger partial charge is 0.347 e. The number of hydrogen-bond donors (Lipinski definition) is 2. The molecular formula is C23H20ClN5O2S. The lowest BCUT2D eigenvalue weighted by Crippen LogP contribution is -2.33. The average Bonchev–Trinajstić information content (AvgIpc) is 3.45. The van der Waals surface area contributed by atoms with E-state index in [4.69, 9.17) is 11.6 Å². The molecule has 0 atom stereocenters. The number of carbonyl (C=O) groups is 2. The van der Waals surface area contributed by atoms with Crippen molar-refractivity contribution in [3.8, 4) is 5.69 Å². The molecule has 0 spiro atoms. The molecule has 7 nitrogen and oxygen atoms in total. The third kappa shape index (κ3) is 6.03. The van der Waals surface area contributed by atoms with E-state index in [1.165, 1.54) is 11.3 Å². The van der Waals surface area contributed by atoms with Gasteiger partial charge in [0.1, 0.15) is 0 Å². The Hall–Kier alpha value is -3.49. The average molecular weight is 466 g/mol. The highest BCUT2D eigenvalue weighted by Gasteiger charge is 2.10. The quantitative estimate of drug-likeness (QED) is 0.413. The van der Waals surface area contributed by atoms with Crippen molar-refractivity contribution in [3.63, 3.8) is 0 Å². The third-order valence-electron chi connectivity index (χ3n) is 4.55. The van der Waals surface area contributed by atoms with Crippen molar-refractivity contribution in [2.45, 2.75) is 12.8 Å². The minimum Gasteiger partial charge on any atom is -0.347 e. The molecule has 2 aromatic carbocycles. The lowest BCUT2D eigenvalue weighted by Gasteiger charge is -2.08. The number of anilines is 1. The first-order valence-electron chi connectivity index (χ1n) is 9.89. The molecule has 0 bridgehead atoms. The SMILES string of the molecule is O=C(Cc1csc(Cc2cccc(Cl)c2)n1)NCC(=O)Nc1ccc(-n2cccn2)cc1. The zero-order valence-electron chi connectivity index (χ0n) is 17.0. The molecule has 9 heteroatoms. The third-order valence-corrected chi connectivity index (χ3v) is 5.68. The van der Waals surface area contributed by atoms with Gasteiger partial charge in [-0.3, -0.25) is 9.59 Å². The Kier molecular flexibility index (Phi) is 6.94. The van der Waals surface area contributed by atoms with Gasteiger partial charge in [0, 0.05) is 34.9 Å². The van der Waals surface area contributed by atoms with Crippen LogP contribution in [-0.4, -0.2) is 33.1 Å². The van der Waals surface area contributed by atoms with Crippen LogP contribution in [0.2, 0.25) is 5.02 Å². The maximum absolute atomic E-state index is 12.2. The summed E-state index contributed by atoms with van der Waals surface area (Å²) in [4.78, 5) is 28.9. The fourth-order valence-electron chi connectivity index (χ4n) is 3.06. The topological polar surface area (TPSA) is 88.9 Å². The zero-order chi connectivity index (χ0) is 22.3. The van der Waals surface area contributed by atoms with Crippen LogP contribution in [-0.2, 0) is 22.4 Å². The Labute approximate surface area is 194 Å². The van der Waals surface area contributed by atoms with Crippen molar-refractivity contribution in [3.05, 3.63) is 93.7 Å². The van der Waals surface area contributed by atoms with E-state index in [1.54, 1.807) is 23.0 Å². The molecule has 32 heavy (non-hydrogen) atoms. The molecular weight excluding hydrogens is 446 g/mol. The summed E-state index contributed by atoms with van der Waals surface area (Å²) in [5.41, 5.74) is 3.28. The van der Waals surface area contributed by atoms with Gasteiger partial charge in [-0.25, -0.2) is 9.67 Å².